The molecule has 0 saturated carbocycles. The molecule has 3 aromatic rings. The van der Waals surface area contributed by atoms with E-state index in [0.29, 0.717) is 48.7 Å². The molecule has 1 atom stereocenters. The van der Waals surface area contributed by atoms with Gasteiger partial charge in [0.15, 0.2) is 11.6 Å². The average Bonchev–Trinajstić information content (AvgIpc) is 2.80. The highest BCUT2D eigenvalue weighted by molar-refractivity contribution is 5.99. The predicted octanol–water partition coefficient (Wildman–Crippen LogP) is 4.08. The summed E-state index contributed by atoms with van der Waals surface area (Å²) >= 11 is 0. The van der Waals surface area contributed by atoms with E-state index in [1.165, 1.54) is 0 Å². The third kappa shape index (κ3) is 5.07. The molecule has 0 bridgehead atoms. The zero-order chi connectivity index (χ0) is 23.6. The zero-order valence-corrected chi connectivity index (χ0v) is 17.5. The molecule has 33 heavy (non-hydrogen) atoms. The number of pyridine rings is 2. The number of halogens is 4. The number of rotatable bonds is 4. The number of carbonyl (C=O) groups is 1. The molecular formula is C22H19F4N5O2. The molecule has 4 rings (SSSR count). The first kappa shape index (κ1) is 22.6. The molecule has 11 heteroatoms. The summed E-state index contributed by atoms with van der Waals surface area (Å²) in [5.41, 5.74) is 0.236. The summed E-state index contributed by atoms with van der Waals surface area (Å²) in [6.07, 6.45) is 0.960. The van der Waals surface area contributed by atoms with Crippen LogP contribution in [0, 0.1) is 12.7 Å². The summed E-state index contributed by atoms with van der Waals surface area (Å²) < 4.78 is 57.9. The molecule has 4 heterocycles. The maximum absolute atomic E-state index is 14.2. The highest BCUT2D eigenvalue weighted by Gasteiger charge is 2.33. The number of aryl methyl sites for hydroxylation is 1. The van der Waals surface area contributed by atoms with Gasteiger partial charge in [-0.25, -0.2) is 19.3 Å². The number of amides is 1. The number of alkyl halides is 3. The van der Waals surface area contributed by atoms with Crippen molar-refractivity contribution in [2.24, 2.45) is 0 Å². The lowest BCUT2D eigenvalue weighted by Crippen LogP contribution is -2.44. The Balaban J connectivity index is 1.53. The number of carbonyl (C=O) groups excluding carboxylic acids is 1. The van der Waals surface area contributed by atoms with Gasteiger partial charge in [-0.3, -0.25) is 9.78 Å². The Hall–Kier alpha value is -3.63. The van der Waals surface area contributed by atoms with Gasteiger partial charge in [-0.1, -0.05) is 0 Å². The Labute approximate surface area is 186 Å². The summed E-state index contributed by atoms with van der Waals surface area (Å²) in [5.74, 6) is -1.75. The molecule has 0 aliphatic carbocycles. The minimum atomic E-state index is -4.71. The SMILES string of the molecule is Cc1cnc(-c2ncccn2)c(C(=O)N2CCCC(Oc3ncc(C(F)(F)F)cc3F)C2)c1. The molecule has 1 fully saturated rings. The van der Waals surface area contributed by atoms with Crippen LogP contribution in [0.3, 0.4) is 0 Å². The fraction of sp³-hybridized carbons (Fsp3) is 0.318. The van der Waals surface area contributed by atoms with E-state index in [-0.39, 0.29) is 12.5 Å². The van der Waals surface area contributed by atoms with E-state index in [9.17, 15) is 22.4 Å². The Morgan fingerprint density at radius 3 is 2.58 bits per heavy atom. The van der Waals surface area contributed by atoms with Gasteiger partial charge in [-0.05, 0) is 43.5 Å². The molecule has 0 N–H and O–H groups in total. The van der Waals surface area contributed by atoms with Crippen molar-refractivity contribution in [2.75, 3.05) is 13.1 Å². The van der Waals surface area contributed by atoms with Crippen LogP contribution in [-0.2, 0) is 6.18 Å². The highest BCUT2D eigenvalue weighted by Crippen LogP contribution is 2.31. The van der Waals surface area contributed by atoms with Crippen molar-refractivity contribution < 1.29 is 27.1 Å². The van der Waals surface area contributed by atoms with Crippen molar-refractivity contribution in [3.05, 3.63) is 65.5 Å². The van der Waals surface area contributed by atoms with Gasteiger partial charge in [0.1, 0.15) is 11.8 Å². The van der Waals surface area contributed by atoms with E-state index in [2.05, 4.69) is 19.9 Å². The molecular weight excluding hydrogens is 442 g/mol. The van der Waals surface area contributed by atoms with Gasteiger partial charge in [-0.2, -0.15) is 13.2 Å². The molecule has 1 aliphatic rings. The van der Waals surface area contributed by atoms with Crippen molar-refractivity contribution in [2.45, 2.75) is 32.0 Å². The standard InChI is InChI=1S/C22H19F4N5O2/c1-13-8-16(18(29-10-13)19-27-5-3-6-28-19)21(32)31-7-2-4-15(12-31)33-20-17(23)9-14(11-30-20)22(24,25)26/h3,5-6,8-11,15H,2,4,7,12H2,1H3. The van der Waals surface area contributed by atoms with Crippen molar-refractivity contribution in [1.82, 2.24) is 24.8 Å². The lowest BCUT2D eigenvalue weighted by molar-refractivity contribution is -0.138. The second kappa shape index (κ2) is 9.08. The lowest BCUT2D eigenvalue weighted by atomic mass is 10.0. The highest BCUT2D eigenvalue weighted by atomic mass is 19.4. The fourth-order valence-corrected chi connectivity index (χ4v) is 3.55. The molecule has 3 aromatic heterocycles. The van der Waals surface area contributed by atoms with Crippen molar-refractivity contribution >= 4 is 5.91 Å². The van der Waals surface area contributed by atoms with E-state index in [4.69, 9.17) is 4.74 Å². The van der Waals surface area contributed by atoms with Crippen LogP contribution in [0.5, 0.6) is 5.88 Å². The van der Waals surface area contributed by atoms with Crippen LogP contribution in [0.25, 0.3) is 11.5 Å². The van der Waals surface area contributed by atoms with Crippen LogP contribution in [0.4, 0.5) is 17.6 Å². The monoisotopic (exact) mass is 461 g/mol. The first-order valence-electron chi connectivity index (χ1n) is 10.1. The van der Waals surface area contributed by atoms with Crippen LogP contribution in [0.2, 0.25) is 0 Å². The Kier molecular flexibility index (Phi) is 6.21. The Morgan fingerprint density at radius 2 is 1.88 bits per heavy atom. The molecule has 1 saturated heterocycles. The van der Waals surface area contributed by atoms with E-state index >= 15 is 0 Å². The van der Waals surface area contributed by atoms with Gasteiger partial charge in [0.05, 0.1) is 17.7 Å². The number of hydrogen-bond acceptors (Lipinski definition) is 6. The Bertz CT molecular complexity index is 1160. The fourth-order valence-electron chi connectivity index (χ4n) is 3.55. The molecule has 0 aromatic carbocycles. The second-order valence-electron chi connectivity index (χ2n) is 7.62. The minimum absolute atomic E-state index is 0.115. The Morgan fingerprint density at radius 1 is 1.12 bits per heavy atom. The maximum atomic E-state index is 14.2. The lowest BCUT2D eigenvalue weighted by Gasteiger charge is -2.33. The van der Waals surface area contributed by atoms with Gasteiger partial charge in [0.2, 0.25) is 0 Å². The zero-order valence-electron chi connectivity index (χ0n) is 17.5. The number of piperidine rings is 1. The largest absolute Gasteiger partial charge is 0.470 e. The second-order valence-corrected chi connectivity index (χ2v) is 7.62. The van der Waals surface area contributed by atoms with Crippen molar-refractivity contribution in [3.63, 3.8) is 0 Å². The number of aromatic nitrogens is 4. The van der Waals surface area contributed by atoms with Crippen LogP contribution in [0.15, 0.2) is 43.0 Å². The van der Waals surface area contributed by atoms with E-state index in [1.807, 2.05) is 0 Å². The van der Waals surface area contributed by atoms with Gasteiger partial charge in [-0.15, -0.1) is 0 Å². The number of hydrogen-bond donors (Lipinski definition) is 0. The summed E-state index contributed by atoms with van der Waals surface area (Å²) in [7, 11) is 0. The van der Waals surface area contributed by atoms with Gasteiger partial charge in [0, 0.05) is 31.3 Å². The van der Waals surface area contributed by atoms with Crippen LogP contribution >= 0.6 is 0 Å². The molecule has 0 radical (unpaired) electrons. The van der Waals surface area contributed by atoms with Crippen LogP contribution < -0.4 is 4.74 Å². The first-order chi connectivity index (χ1) is 15.7. The maximum Gasteiger partial charge on any atom is 0.417 e. The molecule has 1 unspecified atom stereocenters. The topological polar surface area (TPSA) is 81.1 Å². The third-order valence-corrected chi connectivity index (χ3v) is 5.11. The molecule has 0 spiro atoms. The number of likely N-dealkylation sites (tertiary alicyclic amines) is 1. The molecule has 1 aliphatic heterocycles. The first-order valence-corrected chi connectivity index (χ1v) is 10.1. The van der Waals surface area contributed by atoms with Gasteiger partial charge < -0.3 is 9.64 Å². The summed E-state index contributed by atoms with van der Waals surface area (Å²) in [6, 6.07) is 3.70. The van der Waals surface area contributed by atoms with Crippen LogP contribution in [-0.4, -0.2) is 49.9 Å². The average molecular weight is 461 g/mol. The molecule has 172 valence electrons. The van der Waals surface area contributed by atoms with Crippen LogP contribution in [0.1, 0.15) is 34.3 Å². The predicted molar refractivity (Wildman–Crippen MR) is 109 cm³/mol. The van der Waals surface area contributed by atoms with E-state index in [1.54, 1.807) is 42.5 Å². The van der Waals surface area contributed by atoms with Gasteiger partial charge in [0.25, 0.3) is 11.8 Å². The normalized spacial score (nSPS) is 16.5. The molecule has 7 nitrogen and oxygen atoms in total. The van der Waals surface area contributed by atoms with E-state index < -0.39 is 29.5 Å². The summed E-state index contributed by atoms with van der Waals surface area (Å²) in [6.45, 7) is 2.36. The van der Waals surface area contributed by atoms with Crippen molar-refractivity contribution in [3.8, 4) is 17.4 Å². The number of ether oxygens (including phenoxy) is 1. The van der Waals surface area contributed by atoms with Gasteiger partial charge >= 0.3 is 6.18 Å². The summed E-state index contributed by atoms with van der Waals surface area (Å²) in [5, 5.41) is 0. The minimum Gasteiger partial charge on any atom is -0.470 e. The van der Waals surface area contributed by atoms with Crippen molar-refractivity contribution in [1.29, 1.82) is 0 Å². The third-order valence-electron chi connectivity index (χ3n) is 5.11. The van der Waals surface area contributed by atoms with E-state index in [0.717, 1.165) is 5.56 Å². The summed E-state index contributed by atoms with van der Waals surface area (Å²) in [4.78, 5) is 31.0. The number of nitrogens with zero attached hydrogens (tertiary/aromatic N) is 5. The molecule has 1 amide bonds. The smallest absolute Gasteiger partial charge is 0.417 e. The quantitative estimate of drug-likeness (QED) is 0.545.